The Hall–Kier alpha value is -1.89. The molecule has 6 nitrogen and oxygen atoms in total. The molecule has 0 spiro atoms. The van der Waals surface area contributed by atoms with Crippen LogP contribution in [0.4, 0.5) is 0 Å². The van der Waals surface area contributed by atoms with Crippen molar-refractivity contribution in [1.29, 1.82) is 0 Å². The Kier molecular flexibility index (Phi) is 3.61. The second-order valence-corrected chi connectivity index (χ2v) is 4.93. The van der Waals surface area contributed by atoms with Gasteiger partial charge in [0.05, 0.1) is 11.4 Å². The molecule has 0 saturated carbocycles. The number of rotatable bonds is 3. The number of amides is 3. The first kappa shape index (κ1) is 12.6. The molecule has 1 fully saturated rings. The largest absolute Gasteiger partial charge is 0.368 e. The van der Waals surface area contributed by atoms with Crippen LogP contribution >= 0.6 is 11.3 Å². The lowest BCUT2D eigenvalue weighted by atomic mass is 10.2. The van der Waals surface area contributed by atoms with Gasteiger partial charge in [-0.1, -0.05) is 6.07 Å². The summed E-state index contributed by atoms with van der Waals surface area (Å²) in [7, 11) is 0. The first-order valence-electron chi connectivity index (χ1n) is 5.47. The van der Waals surface area contributed by atoms with E-state index >= 15 is 0 Å². The molecule has 2 N–H and O–H groups in total. The van der Waals surface area contributed by atoms with Crippen LogP contribution in [0, 0.1) is 0 Å². The number of nitrogens with two attached hydrogens (primary N) is 1. The molecule has 0 radical (unpaired) electrons. The third-order valence-corrected chi connectivity index (χ3v) is 3.54. The molecule has 0 bridgehead atoms. The summed E-state index contributed by atoms with van der Waals surface area (Å²) < 4.78 is 0. The molecule has 18 heavy (non-hydrogen) atoms. The maximum absolute atomic E-state index is 12.0. The van der Waals surface area contributed by atoms with Crippen molar-refractivity contribution in [3.05, 3.63) is 22.4 Å². The van der Waals surface area contributed by atoms with E-state index in [0.717, 1.165) is 0 Å². The van der Waals surface area contributed by atoms with Crippen LogP contribution in [-0.4, -0.2) is 53.7 Å². The molecule has 0 aromatic carbocycles. The van der Waals surface area contributed by atoms with Crippen molar-refractivity contribution in [3.63, 3.8) is 0 Å². The van der Waals surface area contributed by atoms with Gasteiger partial charge in [0.25, 0.3) is 5.91 Å². The minimum Gasteiger partial charge on any atom is -0.368 e. The van der Waals surface area contributed by atoms with Crippen LogP contribution in [0.1, 0.15) is 9.67 Å². The molecule has 1 aliphatic heterocycles. The van der Waals surface area contributed by atoms with Gasteiger partial charge in [0.1, 0.15) is 6.54 Å². The number of nitrogens with zero attached hydrogens (tertiary/aromatic N) is 2. The summed E-state index contributed by atoms with van der Waals surface area (Å²) in [6.45, 7) is 0.693. The van der Waals surface area contributed by atoms with Crippen LogP contribution in [0.3, 0.4) is 0 Å². The Morgan fingerprint density at radius 2 is 2.17 bits per heavy atom. The summed E-state index contributed by atoms with van der Waals surface area (Å²) >= 11 is 1.35. The van der Waals surface area contributed by atoms with E-state index in [1.165, 1.54) is 21.1 Å². The third-order valence-electron chi connectivity index (χ3n) is 2.68. The van der Waals surface area contributed by atoms with Crippen molar-refractivity contribution in [1.82, 2.24) is 9.80 Å². The summed E-state index contributed by atoms with van der Waals surface area (Å²) in [5, 5.41) is 1.82. The lowest BCUT2D eigenvalue weighted by Crippen LogP contribution is -2.53. The average molecular weight is 267 g/mol. The van der Waals surface area contributed by atoms with Crippen LogP contribution in [-0.2, 0) is 9.59 Å². The van der Waals surface area contributed by atoms with E-state index in [1.807, 2.05) is 5.38 Å². The van der Waals surface area contributed by atoms with Gasteiger partial charge in [0.2, 0.25) is 11.8 Å². The second kappa shape index (κ2) is 5.18. The normalized spacial score (nSPS) is 15.9. The Labute approximate surface area is 108 Å². The number of thiophene rings is 1. The van der Waals surface area contributed by atoms with E-state index in [-0.39, 0.29) is 24.9 Å². The maximum atomic E-state index is 12.0. The molecule has 2 heterocycles. The quantitative estimate of drug-likeness (QED) is 0.802. The highest BCUT2D eigenvalue weighted by Crippen LogP contribution is 2.14. The van der Waals surface area contributed by atoms with E-state index in [0.29, 0.717) is 18.0 Å². The summed E-state index contributed by atoms with van der Waals surface area (Å²) in [5.41, 5.74) is 5.05. The van der Waals surface area contributed by atoms with Gasteiger partial charge in [-0.3, -0.25) is 14.4 Å². The van der Waals surface area contributed by atoms with E-state index < -0.39 is 5.91 Å². The smallest absolute Gasteiger partial charge is 0.264 e. The van der Waals surface area contributed by atoms with E-state index in [9.17, 15) is 14.4 Å². The van der Waals surface area contributed by atoms with E-state index in [1.54, 1.807) is 12.1 Å². The Balaban J connectivity index is 1.98. The van der Waals surface area contributed by atoms with Gasteiger partial charge in [-0.25, -0.2) is 0 Å². The molecule has 2 rings (SSSR count). The molecule has 0 aliphatic carbocycles. The third kappa shape index (κ3) is 2.67. The van der Waals surface area contributed by atoms with Crippen LogP contribution < -0.4 is 5.73 Å². The van der Waals surface area contributed by atoms with E-state index in [2.05, 4.69) is 0 Å². The topological polar surface area (TPSA) is 83.7 Å². The fourth-order valence-corrected chi connectivity index (χ4v) is 2.48. The molecule has 0 atom stereocenters. The number of carbonyl (C=O) groups excluding carboxylic acids is 3. The predicted octanol–water partition coefficient (Wildman–Crippen LogP) is -0.482. The van der Waals surface area contributed by atoms with Crippen LogP contribution in [0.2, 0.25) is 0 Å². The number of piperazine rings is 1. The van der Waals surface area contributed by atoms with Gasteiger partial charge in [-0.15, -0.1) is 11.3 Å². The zero-order valence-corrected chi connectivity index (χ0v) is 10.5. The Morgan fingerprint density at radius 3 is 2.72 bits per heavy atom. The van der Waals surface area contributed by atoms with Crippen molar-refractivity contribution in [2.45, 2.75) is 0 Å². The van der Waals surface area contributed by atoms with Gasteiger partial charge < -0.3 is 15.5 Å². The highest BCUT2D eigenvalue weighted by molar-refractivity contribution is 7.12. The zero-order valence-electron chi connectivity index (χ0n) is 9.67. The number of hydrogen-bond acceptors (Lipinski definition) is 4. The molecule has 3 amide bonds. The second-order valence-electron chi connectivity index (χ2n) is 3.99. The fourth-order valence-electron chi connectivity index (χ4n) is 1.79. The lowest BCUT2D eigenvalue weighted by Gasteiger charge is -2.33. The molecule has 1 aliphatic rings. The monoisotopic (exact) mass is 267 g/mol. The van der Waals surface area contributed by atoms with Crippen LogP contribution in [0.25, 0.3) is 0 Å². The molecule has 1 saturated heterocycles. The minimum atomic E-state index is -0.540. The predicted molar refractivity (Wildman–Crippen MR) is 66.0 cm³/mol. The highest BCUT2D eigenvalue weighted by atomic mass is 32.1. The van der Waals surface area contributed by atoms with Gasteiger partial charge >= 0.3 is 0 Å². The summed E-state index contributed by atoms with van der Waals surface area (Å²) in [6, 6.07) is 3.52. The van der Waals surface area contributed by atoms with Crippen molar-refractivity contribution in [3.8, 4) is 0 Å². The first-order chi connectivity index (χ1) is 8.58. The van der Waals surface area contributed by atoms with Gasteiger partial charge in [0.15, 0.2) is 0 Å². The van der Waals surface area contributed by atoms with Gasteiger partial charge in [-0.2, -0.15) is 0 Å². The summed E-state index contributed by atoms with van der Waals surface area (Å²) in [5.74, 6) is -0.927. The minimum absolute atomic E-state index is 0.00398. The zero-order chi connectivity index (χ0) is 13.1. The Morgan fingerprint density at radius 1 is 1.39 bits per heavy atom. The number of carbonyl (C=O) groups is 3. The Bertz CT molecular complexity index is 472. The first-order valence-corrected chi connectivity index (χ1v) is 6.35. The molecule has 96 valence electrons. The standard InChI is InChI=1S/C11H13N3O3S/c12-9(15)6-13-3-4-14(7-10(13)16)11(17)8-2-1-5-18-8/h1-2,5H,3-4,6-7H2,(H2,12,15). The van der Waals surface area contributed by atoms with Crippen molar-refractivity contribution >= 4 is 29.1 Å². The van der Waals surface area contributed by atoms with Gasteiger partial charge in [0, 0.05) is 13.1 Å². The molecule has 1 aromatic heterocycles. The summed E-state index contributed by atoms with van der Waals surface area (Å²) in [6.07, 6.45) is 0. The molecular weight excluding hydrogens is 254 g/mol. The van der Waals surface area contributed by atoms with E-state index in [4.69, 9.17) is 5.73 Å². The lowest BCUT2D eigenvalue weighted by molar-refractivity contribution is -0.138. The molecule has 7 heteroatoms. The van der Waals surface area contributed by atoms with Gasteiger partial charge in [-0.05, 0) is 11.4 Å². The number of hydrogen-bond donors (Lipinski definition) is 1. The maximum Gasteiger partial charge on any atom is 0.264 e. The molecular formula is C11H13N3O3S. The van der Waals surface area contributed by atoms with Crippen molar-refractivity contribution < 1.29 is 14.4 Å². The van der Waals surface area contributed by atoms with Crippen LogP contribution in [0.5, 0.6) is 0 Å². The molecule has 0 unspecified atom stereocenters. The SMILES string of the molecule is NC(=O)CN1CCN(C(=O)c2cccs2)CC1=O. The highest BCUT2D eigenvalue weighted by Gasteiger charge is 2.28. The average Bonchev–Trinajstić information content (AvgIpc) is 2.84. The van der Waals surface area contributed by atoms with Crippen molar-refractivity contribution in [2.24, 2.45) is 5.73 Å². The van der Waals surface area contributed by atoms with Crippen LogP contribution in [0.15, 0.2) is 17.5 Å². The fraction of sp³-hybridized carbons (Fsp3) is 0.364. The molecule has 1 aromatic rings. The number of primary amides is 1. The van der Waals surface area contributed by atoms with Crippen molar-refractivity contribution in [2.75, 3.05) is 26.2 Å². The summed E-state index contributed by atoms with van der Waals surface area (Å²) in [4.78, 5) is 38.0.